The van der Waals surface area contributed by atoms with Crippen molar-refractivity contribution in [3.05, 3.63) is 45.9 Å². The Bertz CT molecular complexity index is 756. The summed E-state index contributed by atoms with van der Waals surface area (Å²) in [5.41, 5.74) is 0.102. The van der Waals surface area contributed by atoms with Crippen molar-refractivity contribution in [1.29, 1.82) is 0 Å². The Morgan fingerprint density at radius 2 is 2.33 bits per heavy atom. The van der Waals surface area contributed by atoms with Crippen LogP contribution in [0.25, 0.3) is 0 Å². The van der Waals surface area contributed by atoms with E-state index in [0.29, 0.717) is 30.3 Å². The Hall–Kier alpha value is -1.67. The smallest absolute Gasteiger partial charge is 0.344 e. The van der Waals surface area contributed by atoms with Gasteiger partial charge in [-0.1, -0.05) is 24.8 Å². The summed E-state index contributed by atoms with van der Waals surface area (Å²) >= 11 is 1.30. The number of hydrogen-bond acceptors (Lipinski definition) is 4. The summed E-state index contributed by atoms with van der Waals surface area (Å²) < 4.78 is 34.3. The molecule has 2 atom stereocenters. The molecule has 0 radical (unpaired) electrons. The number of ether oxygens (including phenoxy) is 1. The molecule has 1 N–H and O–H groups in total. The van der Waals surface area contributed by atoms with E-state index in [1.165, 1.54) is 28.5 Å². The van der Waals surface area contributed by atoms with Gasteiger partial charge >= 0.3 is 5.69 Å². The van der Waals surface area contributed by atoms with E-state index in [1.807, 2.05) is 6.92 Å². The zero-order valence-corrected chi connectivity index (χ0v) is 14.1. The standard InChI is InChI=1S/C16H19F2N3O2S/c1-2-14(12-6-5-10(17)8-13(12)18)24-16-20-19-15(22)21(16)9-11-4-3-7-23-11/h5-6,8,11,14H,2-4,7,9H2,1H3,(H,19,22). The van der Waals surface area contributed by atoms with Gasteiger partial charge in [0.15, 0.2) is 5.16 Å². The van der Waals surface area contributed by atoms with Crippen molar-refractivity contribution in [2.24, 2.45) is 0 Å². The van der Waals surface area contributed by atoms with Crippen molar-refractivity contribution in [1.82, 2.24) is 14.8 Å². The molecule has 2 heterocycles. The number of aromatic nitrogens is 3. The minimum atomic E-state index is -0.605. The number of rotatable bonds is 6. The molecule has 130 valence electrons. The molecular weight excluding hydrogens is 336 g/mol. The molecule has 0 saturated carbocycles. The summed E-state index contributed by atoms with van der Waals surface area (Å²) in [6.45, 7) is 3.05. The summed E-state index contributed by atoms with van der Waals surface area (Å²) in [5.74, 6) is -1.19. The van der Waals surface area contributed by atoms with Gasteiger partial charge in [-0.25, -0.2) is 18.7 Å². The van der Waals surface area contributed by atoms with Crippen LogP contribution in [0.3, 0.4) is 0 Å². The van der Waals surface area contributed by atoms with E-state index in [-0.39, 0.29) is 17.0 Å². The number of nitrogens with one attached hydrogen (secondary N) is 1. The van der Waals surface area contributed by atoms with Gasteiger partial charge in [0, 0.05) is 23.5 Å². The molecule has 1 aliphatic rings. The zero-order chi connectivity index (χ0) is 17.1. The van der Waals surface area contributed by atoms with Crippen molar-refractivity contribution < 1.29 is 13.5 Å². The van der Waals surface area contributed by atoms with Crippen LogP contribution in [-0.2, 0) is 11.3 Å². The topological polar surface area (TPSA) is 59.9 Å². The number of nitrogens with zero attached hydrogens (tertiary/aromatic N) is 2. The van der Waals surface area contributed by atoms with Crippen LogP contribution in [0.1, 0.15) is 37.0 Å². The predicted octanol–water partition coefficient (Wildman–Crippen LogP) is 3.27. The molecule has 8 heteroatoms. The first kappa shape index (κ1) is 17.2. The van der Waals surface area contributed by atoms with Crippen LogP contribution in [0.5, 0.6) is 0 Å². The summed E-state index contributed by atoms with van der Waals surface area (Å²) in [6.07, 6.45) is 2.51. The molecule has 3 rings (SSSR count). The second-order valence-corrected chi connectivity index (χ2v) is 6.91. The van der Waals surface area contributed by atoms with E-state index in [2.05, 4.69) is 10.2 Å². The highest BCUT2D eigenvalue weighted by molar-refractivity contribution is 7.99. The molecule has 1 aromatic heterocycles. The normalized spacial score (nSPS) is 18.9. The van der Waals surface area contributed by atoms with Crippen LogP contribution in [0.2, 0.25) is 0 Å². The highest BCUT2D eigenvalue weighted by Gasteiger charge is 2.23. The van der Waals surface area contributed by atoms with Crippen molar-refractivity contribution in [2.75, 3.05) is 6.61 Å². The fourth-order valence-electron chi connectivity index (χ4n) is 2.80. The molecule has 0 aliphatic carbocycles. The molecule has 2 unspecified atom stereocenters. The molecule has 1 saturated heterocycles. The lowest BCUT2D eigenvalue weighted by atomic mass is 10.1. The minimum absolute atomic E-state index is 0.00211. The van der Waals surface area contributed by atoms with Crippen molar-refractivity contribution >= 4 is 11.8 Å². The van der Waals surface area contributed by atoms with Gasteiger partial charge in [-0.3, -0.25) is 4.57 Å². The Balaban J connectivity index is 1.82. The maximum atomic E-state index is 14.1. The van der Waals surface area contributed by atoms with E-state index in [4.69, 9.17) is 4.74 Å². The molecule has 1 fully saturated rings. The molecule has 0 spiro atoms. The summed E-state index contributed by atoms with van der Waals surface area (Å²) in [7, 11) is 0. The Morgan fingerprint density at radius 1 is 1.50 bits per heavy atom. The fourth-order valence-corrected chi connectivity index (χ4v) is 3.93. The van der Waals surface area contributed by atoms with Gasteiger partial charge in [0.05, 0.1) is 12.6 Å². The van der Waals surface area contributed by atoms with Crippen molar-refractivity contribution in [3.63, 3.8) is 0 Å². The van der Waals surface area contributed by atoms with Gasteiger partial charge < -0.3 is 4.74 Å². The molecule has 1 aliphatic heterocycles. The van der Waals surface area contributed by atoms with Crippen molar-refractivity contribution in [3.8, 4) is 0 Å². The molecule has 2 aromatic rings. The number of H-pyrrole nitrogens is 1. The second-order valence-electron chi connectivity index (χ2n) is 5.74. The lowest BCUT2D eigenvalue weighted by molar-refractivity contribution is 0.0941. The maximum absolute atomic E-state index is 14.1. The van der Waals surface area contributed by atoms with Gasteiger partial charge in [-0.2, -0.15) is 0 Å². The minimum Gasteiger partial charge on any atom is -0.376 e. The Labute approximate surface area is 142 Å². The van der Waals surface area contributed by atoms with E-state index in [0.717, 1.165) is 18.9 Å². The summed E-state index contributed by atoms with van der Waals surface area (Å²) in [6, 6.07) is 3.56. The number of thioether (sulfide) groups is 1. The van der Waals surface area contributed by atoms with E-state index in [9.17, 15) is 13.6 Å². The highest BCUT2D eigenvalue weighted by Crippen LogP contribution is 2.37. The number of hydrogen-bond donors (Lipinski definition) is 1. The fraction of sp³-hybridized carbons (Fsp3) is 0.500. The van der Waals surface area contributed by atoms with Crippen molar-refractivity contribution in [2.45, 2.75) is 49.2 Å². The number of halogens is 2. The largest absolute Gasteiger partial charge is 0.376 e. The third-order valence-electron chi connectivity index (χ3n) is 4.06. The summed E-state index contributed by atoms with van der Waals surface area (Å²) in [5, 5.41) is 6.73. The number of aromatic amines is 1. The van der Waals surface area contributed by atoms with Crippen LogP contribution in [-0.4, -0.2) is 27.5 Å². The molecule has 0 amide bonds. The molecule has 1 aromatic carbocycles. The highest BCUT2D eigenvalue weighted by atomic mass is 32.2. The van der Waals surface area contributed by atoms with Gasteiger partial charge in [0.25, 0.3) is 0 Å². The zero-order valence-electron chi connectivity index (χ0n) is 13.3. The predicted molar refractivity (Wildman–Crippen MR) is 87.1 cm³/mol. The van der Waals surface area contributed by atoms with Gasteiger partial charge in [0.2, 0.25) is 0 Å². The lowest BCUT2D eigenvalue weighted by Crippen LogP contribution is -2.25. The van der Waals surface area contributed by atoms with Gasteiger partial charge in [0.1, 0.15) is 11.6 Å². The third kappa shape index (κ3) is 3.70. The monoisotopic (exact) mass is 355 g/mol. The molecular formula is C16H19F2N3O2S. The van der Waals surface area contributed by atoms with E-state index < -0.39 is 11.6 Å². The first-order chi connectivity index (χ1) is 11.6. The summed E-state index contributed by atoms with van der Waals surface area (Å²) in [4.78, 5) is 12.0. The third-order valence-corrected chi connectivity index (χ3v) is 5.46. The average molecular weight is 355 g/mol. The Morgan fingerprint density at radius 3 is 3.00 bits per heavy atom. The van der Waals surface area contributed by atoms with Crippen LogP contribution >= 0.6 is 11.8 Å². The van der Waals surface area contributed by atoms with E-state index in [1.54, 1.807) is 0 Å². The molecule has 0 bridgehead atoms. The maximum Gasteiger partial charge on any atom is 0.344 e. The lowest BCUT2D eigenvalue weighted by Gasteiger charge is -2.16. The van der Waals surface area contributed by atoms with Gasteiger partial charge in [-0.05, 0) is 25.3 Å². The quantitative estimate of drug-likeness (QED) is 0.808. The number of benzene rings is 1. The average Bonchev–Trinajstić information content (AvgIpc) is 3.18. The first-order valence-corrected chi connectivity index (χ1v) is 8.85. The Kier molecular flexibility index (Phi) is 5.35. The van der Waals surface area contributed by atoms with Crippen LogP contribution in [0, 0.1) is 11.6 Å². The van der Waals surface area contributed by atoms with E-state index >= 15 is 0 Å². The van der Waals surface area contributed by atoms with Gasteiger partial charge in [-0.15, -0.1) is 5.10 Å². The van der Waals surface area contributed by atoms with Crippen LogP contribution in [0.15, 0.2) is 28.2 Å². The molecule has 24 heavy (non-hydrogen) atoms. The second kappa shape index (κ2) is 7.48. The SMILES string of the molecule is CCC(Sc1n[nH]c(=O)n1CC1CCCO1)c1ccc(F)cc1F. The van der Waals surface area contributed by atoms with Crippen LogP contribution in [0.4, 0.5) is 8.78 Å². The van der Waals surface area contributed by atoms with Crippen LogP contribution < -0.4 is 5.69 Å². The first-order valence-electron chi connectivity index (χ1n) is 7.97. The molecule has 5 nitrogen and oxygen atoms in total.